The van der Waals surface area contributed by atoms with Gasteiger partial charge in [-0.25, -0.2) is 4.39 Å². The van der Waals surface area contributed by atoms with Gasteiger partial charge in [0, 0.05) is 12.5 Å². The van der Waals surface area contributed by atoms with Gasteiger partial charge in [0.25, 0.3) is 5.89 Å². The van der Waals surface area contributed by atoms with Gasteiger partial charge in [-0.05, 0) is 18.2 Å². The molecule has 4 nitrogen and oxygen atoms in total. The molecule has 0 radical (unpaired) electrons. The van der Waals surface area contributed by atoms with Crippen LogP contribution in [0.5, 0.6) is 0 Å². The predicted molar refractivity (Wildman–Crippen MR) is 54.7 cm³/mol. The van der Waals surface area contributed by atoms with Crippen LogP contribution in [0.4, 0.5) is 4.39 Å². The second-order valence-electron chi connectivity index (χ2n) is 3.11. The maximum absolute atomic E-state index is 12.9. The van der Waals surface area contributed by atoms with E-state index in [0.717, 1.165) is 0 Å². The number of Topliss-reactive ketones (excluding diaryl/α,β-unsaturated/α-hetero) is 1. The minimum Gasteiger partial charge on any atom is -0.330 e. The molecule has 0 N–H and O–H groups in total. The Hall–Kier alpha value is -1.75. The summed E-state index contributed by atoms with van der Waals surface area (Å²) in [6, 6.07) is 4.02. The first-order valence-corrected chi connectivity index (χ1v) is 4.76. The second kappa shape index (κ2) is 4.02. The molecule has 6 heteroatoms. The lowest BCUT2D eigenvalue weighted by atomic mass is 10.2. The average Bonchev–Trinajstić information content (AvgIpc) is 2.71. The Kier molecular flexibility index (Phi) is 2.70. The summed E-state index contributed by atoms with van der Waals surface area (Å²) in [5.74, 6) is -0.741. The molecule has 2 rings (SSSR count). The summed E-state index contributed by atoms with van der Waals surface area (Å²) in [7, 11) is 0. The van der Waals surface area contributed by atoms with Gasteiger partial charge in [0.2, 0.25) is 11.6 Å². The number of hydrogen-bond donors (Lipinski definition) is 0. The van der Waals surface area contributed by atoms with Crippen LogP contribution in [-0.2, 0) is 0 Å². The van der Waals surface area contributed by atoms with Gasteiger partial charge in [0.1, 0.15) is 5.82 Å². The topological polar surface area (TPSA) is 56.0 Å². The Morgan fingerprint density at radius 2 is 2.25 bits per heavy atom. The third-order valence-electron chi connectivity index (χ3n) is 1.91. The van der Waals surface area contributed by atoms with Gasteiger partial charge in [-0.3, -0.25) is 4.79 Å². The molecule has 0 bridgehead atoms. The first-order chi connectivity index (χ1) is 7.58. The number of nitrogens with zero attached hydrogens (tertiary/aromatic N) is 2. The van der Waals surface area contributed by atoms with E-state index in [1.54, 1.807) is 0 Å². The van der Waals surface area contributed by atoms with Crippen LogP contribution in [-0.4, -0.2) is 15.9 Å². The number of benzene rings is 1. The van der Waals surface area contributed by atoms with Crippen LogP contribution in [0.25, 0.3) is 11.4 Å². The number of aromatic nitrogens is 2. The van der Waals surface area contributed by atoms with Crippen LogP contribution < -0.4 is 0 Å². The highest BCUT2D eigenvalue weighted by Gasteiger charge is 2.12. The lowest BCUT2D eigenvalue weighted by molar-refractivity contribution is 0.0972. The van der Waals surface area contributed by atoms with Crippen molar-refractivity contribution in [3.05, 3.63) is 34.9 Å². The van der Waals surface area contributed by atoms with E-state index in [9.17, 15) is 9.18 Å². The van der Waals surface area contributed by atoms with Gasteiger partial charge in [-0.2, -0.15) is 4.98 Å². The lowest BCUT2D eigenvalue weighted by Gasteiger charge is -1.96. The van der Waals surface area contributed by atoms with Crippen molar-refractivity contribution in [2.24, 2.45) is 0 Å². The quantitative estimate of drug-likeness (QED) is 0.758. The van der Waals surface area contributed by atoms with E-state index < -0.39 is 5.82 Å². The Labute approximate surface area is 95.0 Å². The third-order valence-corrected chi connectivity index (χ3v) is 2.19. The zero-order valence-electron chi connectivity index (χ0n) is 8.20. The number of carbonyl (C=O) groups is 1. The van der Waals surface area contributed by atoms with Crippen molar-refractivity contribution < 1.29 is 13.7 Å². The van der Waals surface area contributed by atoms with Crippen molar-refractivity contribution >= 4 is 17.4 Å². The molecule has 1 aromatic heterocycles. The molecule has 0 atom stereocenters. The van der Waals surface area contributed by atoms with Crippen LogP contribution in [0.1, 0.15) is 17.6 Å². The second-order valence-corrected chi connectivity index (χ2v) is 3.52. The normalized spacial score (nSPS) is 10.4. The fourth-order valence-electron chi connectivity index (χ4n) is 1.12. The molecular formula is C10H6ClFN2O2. The summed E-state index contributed by atoms with van der Waals surface area (Å²) in [6.45, 7) is 1.31. The Morgan fingerprint density at radius 3 is 2.81 bits per heavy atom. The zero-order valence-corrected chi connectivity index (χ0v) is 8.95. The van der Waals surface area contributed by atoms with E-state index in [2.05, 4.69) is 10.1 Å². The van der Waals surface area contributed by atoms with Gasteiger partial charge in [0.15, 0.2) is 0 Å². The fourth-order valence-corrected chi connectivity index (χ4v) is 1.30. The third kappa shape index (κ3) is 1.94. The van der Waals surface area contributed by atoms with Gasteiger partial charge in [-0.15, -0.1) is 0 Å². The predicted octanol–water partition coefficient (Wildman–Crippen LogP) is 2.73. The molecule has 0 saturated carbocycles. The highest BCUT2D eigenvalue weighted by Crippen LogP contribution is 2.22. The summed E-state index contributed by atoms with van der Waals surface area (Å²) in [4.78, 5) is 14.8. The summed E-state index contributed by atoms with van der Waals surface area (Å²) in [5.41, 5.74) is 0.489. The molecule has 2 aromatic rings. The Balaban J connectivity index is 2.42. The van der Waals surface area contributed by atoms with E-state index in [1.165, 1.54) is 25.1 Å². The molecular weight excluding hydrogens is 235 g/mol. The van der Waals surface area contributed by atoms with Crippen molar-refractivity contribution in [2.75, 3.05) is 0 Å². The van der Waals surface area contributed by atoms with Gasteiger partial charge >= 0.3 is 0 Å². The van der Waals surface area contributed by atoms with Crippen LogP contribution in [0.3, 0.4) is 0 Å². The van der Waals surface area contributed by atoms with Crippen molar-refractivity contribution in [1.82, 2.24) is 10.1 Å². The first kappa shape index (κ1) is 10.8. The highest BCUT2D eigenvalue weighted by atomic mass is 35.5. The van der Waals surface area contributed by atoms with E-state index in [1.807, 2.05) is 0 Å². The standard InChI is InChI=1S/C10H6ClFN2O2/c1-5(15)10-13-9(14-16-10)6-2-3-8(12)7(11)4-6/h2-4H,1H3. The summed E-state index contributed by atoms with van der Waals surface area (Å²) in [5, 5.41) is 3.55. The molecule has 0 spiro atoms. The fraction of sp³-hybridized carbons (Fsp3) is 0.100. The van der Waals surface area contributed by atoms with E-state index in [4.69, 9.17) is 16.1 Å². The van der Waals surface area contributed by atoms with Crippen LogP contribution in [0, 0.1) is 5.82 Å². The summed E-state index contributed by atoms with van der Waals surface area (Å²) < 4.78 is 17.6. The highest BCUT2D eigenvalue weighted by molar-refractivity contribution is 6.31. The number of ketones is 1. The van der Waals surface area contributed by atoms with Gasteiger partial charge < -0.3 is 4.52 Å². The van der Waals surface area contributed by atoms with E-state index in [0.29, 0.717) is 5.56 Å². The molecule has 82 valence electrons. The van der Waals surface area contributed by atoms with Crippen LogP contribution in [0.2, 0.25) is 5.02 Å². The van der Waals surface area contributed by atoms with Crippen LogP contribution >= 0.6 is 11.6 Å². The summed E-state index contributed by atoms with van der Waals surface area (Å²) in [6.07, 6.45) is 0. The van der Waals surface area contributed by atoms with Gasteiger partial charge in [-0.1, -0.05) is 16.8 Å². The average molecular weight is 241 g/mol. The lowest BCUT2D eigenvalue weighted by Crippen LogP contribution is -1.91. The zero-order chi connectivity index (χ0) is 11.7. The maximum Gasteiger partial charge on any atom is 0.294 e. The Morgan fingerprint density at radius 1 is 1.50 bits per heavy atom. The molecule has 16 heavy (non-hydrogen) atoms. The first-order valence-electron chi connectivity index (χ1n) is 4.38. The Bertz CT molecular complexity index is 554. The monoisotopic (exact) mass is 240 g/mol. The molecule has 0 fully saturated rings. The number of carbonyl (C=O) groups excluding carboxylic acids is 1. The molecule has 0 aliphatic heterocycles. The molecule has 0 aliphatic carbocycles. The largest absolute Gasteiger partial charge is 0.330 e. The minimum absolute atomic E-state index is 0.0355. The summed E-state index contributed by atoms with van der Waals surface area (Å²) >= 11 is 5.60. The maximum atomic E-state index is 12.9. The molecule has 0 aliphatic rings. The van der Waals surface area contributed by atoms with Crippen molar-refractivity contribution in [3.8, 4) is 11.4 Å². The minimum atomic E-state index is -0.527. The molecule has 0 saturated heterocycles. The van der Waals surface area contributed by atoms with Crippen LogP contribution in [0.15, 0.2) is 22.7 Å². The van der Waals surface area contributed by atoms with Gasteiger partial charge in [0.05, 0.1) is 5.02 Å². The van der Waals surface area contributed by atoms with Crippen molar-refractivity contribution in [3.63, 3.8) is 0 Å². The van der Waals surface area contributed by atoms with E-state index in [-0.39, 0.29) is 22.5 Å². The molecule has 1 heterocycles. The number of rotatable bonds is 2. The molecule has 0 unspecified atom stereocenters. The smallest absolute Gasteiger partial charge is 0.294 e. The SMILES string of the molecule is CC(=O)c1nc(-c2ccc(F)c(Cl)c2)no1. The number of halogens is 2. The molecule has 1 aromatic carbocycles. The van der Waals surface area contributed by atoms with E-state index >= 15 is 0 Å². The number of hydrogen-bond acceptors (Lipinski definition) is 4. The van der Waals surface area contributed by atoms with Crippen molar-refractivity contribution in [2.45, 2.75) is 6.92 Å². The molecule has 0 amide bonds. The van der Waals surface area contributed by atoms with Crippen molar-refractivity contribution in [1.29, 1.82) is 0 Å².